The fourth-order valence-corrected chi connectivity index (χ4v) is 3.58. The molecule has 0 N–H and O–H groups in total. The van der Waals surface area contributed by atoms with Crippen LogP contribution in [0.1, 0.15) is 29.8 Å². The average Bonchev–Trinajstić information content (AvgIpc) is 3.16. The highest BCUT2D eigenvalue weighted by Crippen LogP contribution is 2.35. The molecule has 1 heterocycles. The summed E-state index contributed by atoms with van der Waals surface area (Å²) >= 11 is 1.08. The number of ether oxygens (including phenoxy) is 2. The number of aromatic nitrogens is 1. The zero-order chi connectivity index (χ0) is 21.3. The van der Waals surface area contributed by atoms with Crippen LogP contribution >= 0.6 is 11.3 Å². The molecule has 154 valence electrons. The average molecular weight is 423 g/mol. The fraction of sp³-hybridized carbons (Fsp3) is 0.273. The van der Waals surface area contributed by atoms with Gasteiger partial charge in [0.2, 0.25) is 0 Å². The third kappa shape index (κ3) is 5.78. The molecule has 3 aromatic rings. The van der Waals surface area contributed by atoms with E-state index in [1.807, 2.05) is 12.1 Å². The lowest BCUT2D eigenvalue weighted by Crippen LogP contribution is -2.01. The molecule has 0 fully saturated rings. The van der Waals surface area contributed by atoms with Crippen molar-refractivity contribution in [3.8, 4) is 28.8 Å². The molecule has 0 radical (unpaired) electrons. The number of benzene rings is 2. The molecule has 0 saturated heterocycles. The monoisotopic (exact) mass is 423 g/mol. The SMILES string of the molecule is Cc1nc(-c2ccc(OCCCCCOc3ccc(C#N)cc3)cc2)c([N+](=O)[O-])s1. The number of thiazole rings is 1. The number of rotatable bonds is 10. The van der Waals surface area contributed by atoms with Crippen LogP contribution in [0.2, 0.25) is 0 Å². The Bertz CT molecular complexity index is 1020. The zero-order valence-corrected chi connectivity index (χ0v) is 17.4. The summed E-state index contributed by atoms with van der Waals surface area (Å²) < 4.78 is 11.4. The van der Waals surface area contributed by atoms with Gasteiger partial charge in [0.25, 0.3) is 0 Å². The summed E-state index contributed by atoms with van der Waals surface area (Å²) in [7, 11) is 0. The summed E-state index contributed by atoms with van der Waals surface area (Å²) in [6.07, 6.45) is 2.78. The van der Waals surface area contributed by atoms with Crippen LogP contribution in [0.15, 0.2) is 48.5 Å². The molecule has 2 aromatic carbocycles. The molecule has 0 spiro atoms. The number of hydrogen-bond donors (Lipinski definition) is 0. The molecule has 0 bridgehead atoms. The van der Waals surface area contributed by atoms with Crippen molar-refractivity contribution in [2.75, 3.05) is 13.2 Å². The second-order valence-corrected chi connectivity index (χ2v) is 7.74. The van der Waals surface area contributed by atoms with Gasteiger partial charge in [-0.05, 0) is 86.1 Å². The second-order valence-electron chi connectivity index (χ2n) is 6.56. The van der Waals surface area contributed by atoms with Gasteiger partial charge in [0.15, 0.2) is 5.69 Å². The Balaban J connectivity index is 1.37. The number of aryl methyl sites for hydroxylation is 1. The first kappa shape index (κ1) is 21.3. The summed E-state index contributed by atoms with van der Waals surface area (Å²) in [6, 6.07) is 16.4. The highest BCUT2D eigenvalue weighted by Gasteiger charge is 2.21. The van der Waals surface area contributed by atoms with Gasteiger partial charge < -0.3 is 9.47 Å². The van der Waals surface area contributed by atoms with Gasteiger partial charge in [0.05, 0.1) is 34.8 Å². The highest BCUT2D eigenvalue weighted by molar-refractivity contribution is 7.15. The molecule has 3 rings (SSSR count). The molecule has 0 aliphatic rings. The molecule has 0 unspecified atom stereocenters. The molecule has 7 nitrogen and oxygen atoms in total. The molecular weight excluding hydrogens is 402 g/mol. The Morgan fingerprint density at radius 3 is 2.10 bits per heavy atom. The Morgan fingerprint density at radius 1 is 1.00 bits per heavy atom. The van der Waals surface area contributed by atoms with Crippen LogP contribution in [-0.4, -0.2) is 23.1 Å². The zero-order valence-electron chi connectivity index (χ0n) is 16.5. The van der Waals surface area contributed by atoms with E-state index in [0.717, 1.165) is 42.1 Å². The van der Waals surface area contributed by atoms with Crippen molar-refractivity contribution in [3.05, 3.63) is 69.2 Å². The third-order valence-corrected chi connectivity index (χ3v) is 5.24. The van der Waals surface area contributed by atoms with Gasteiger partial charge >= 0.3 is 5.00 Å². The summed E-state index contributed by atoms with van der Waals surface area (Å²) in [6.45, 7) is 2.96. The lowest BCUT2D eigenvalue weighted by atomic mass is 10.1. The first-order chi connectivity index (χ1) is 14.6. The minimum absolute atomic E-state index is 0.0596. The van der Waals surface area contributed by atoms with Crippen molar-refractivity contribution < 1.29 is 14.4 Å². The van der Waals surface area contributed by atoms with Gasteiger partial charge in [-0.3, -0.25) is 10.1 Å². The van der Waals surface area contributed by atoms with Crippen LogP contribution in [0.5, 0.6) is 11.5 Å². The van der Waals surface area contributed by atoms with Crippen molar-refractivity contribution in [1.29, 1.82) is 5.26 Å². The second kappa shape index (κ2) is 10.4. The van der Waals surface area contributed by atoms with Gasteiger partial charge in [-0.25, -0.2) is 4.98 Å². The number of nitriles is 1. The molecule has 1 aromatic heterocycles. The van der Waals surface area contributed by atoms with Crippen LogP contribution in [0.3, 0.4) is 0 Å². The van der Waals surface area contributed by atoms with E-state index in [0.29, 0.717) is 35.0 Å². The van der Waals surface area contributed by atoms with Crippen LogP contribution in [0, 0.1) is 28.4 Å². The lowest BCUT2D eigenvalue weighted by molar-refractivity contribution is -0.379. The van der Waals surface area contributed by atoms with Crippen molar-refractivity contribution in [2.45, 2.75) is 26.2 Å². The maximum Gasteiger partial charge on any atom is 0.351 e. The van der Waals surface area contributed by atoms with Gasteiger partial charge in [0.1, 0.15) is 11.5 Å². The van der Waals surface area contributed by atoms with Crippen molar-refractivity contribution in [2.24, 2.45) is 0 Å². The first-order valence-corrected chi connectivity index (χ1v) is 10.4. The standard InChI is InChI=1S/C22H21N3O4S/c1-16-24-21(22(30-16)25(26)27)18-7-11-20(12-8-18)29-14-4-2-3-13-28-19-9-5-17(15-23)6-10-19/h5-12H,2-4,13-14H2,1H3. The maximum absolute atomic E-state index is 11.2. The quantitative estimate of drug-likeness (QED) is 0.242. The summed E-state index contributed by atoms with van der Waals surface area (Å²) in [4.78, 5) is 15.0. The van der Waals surface area contributed by atoms with E-state index in [4.69, 9.17) is 14.7 Å². The van der Waals surface area contributed by atoms with Crippen LogP contribution < -0.4 is 9.47 Å². The molecule has 30 heavy (non-hydrogen) atoms. The fourth-order valence-electron chi connectivity index (χ4n) is 2.82. The van der Waals surface area contributed by atoms with E-state index in [2.05, 4.69) is 11.1 Å². The van der Waals surface area contributed by atoms with E-state index in [1.165, 1.54) is 0 Å². The molecular formula is C22H21N3O4S. The molecule has 8 heteroatoms. The molecule has 0 aliphatic heterocycles. The van der Waals surface area contributed by atoms with Gasteiger partial charge in [0, 0.05) is 5.56 Å². The first-order valence-electron chi connectivity index (χ1n) is 9.55. The predicted molar refractivity (Wildman–Crippen MR) is 115 cm³/mol. The van der Waals surface area contributed by atoms with E-state index < -0.39 is 4.92 Å². The Morgan fingerprint density at radius 2 is 1.57 bits per heavy atom. The normalized spacial score (nSPS) is 10.4. The number of nitro groups is 1. The summed E-state index contributed by atoms with van der Waals surface area (Å²) in [5.41, 5.74) is 1.72. The van der Waals surface area contributed by atoms with Gasteiger partial charge in [-0.15, -0.1) is 0 Å². The number of hydrogen-bond acceptors (Lipinski definition) is 7. The van der Waals surface area contributed by atoms with Gasteiger partial charge in [-0.2, -0.15) is 5.26 Å². The summed E-state index contributed by atoms with van der Waals surface area (Å²) in [5, 5.41) is 20.7. The topological polar surface area (TPSA) is 98.3 Å². The number of nitrogens with zero attached hydrogens (tertiary/aromatic N) is 3. The Labute approximate surface area is 178 Å². The molecule has 0 atom stereocenters. The van der Waals surface area contributed by atoms with Crippen LogP contribution in [-0.2, 0) is 0 Å². The molecule has 0 amide bonds. The summed E-state index contributed by atoms with van der Waals surface area (Å²) in [5.74, 6) is 1.49. The van der Waals surface area contributed by atoms with Crippen LogP contribution in [0.25, 0.3) is 11.3 Å². The van der Waals surface area contributed by atoms with Crippen molar-refractivity contribution >= 4 is 16.3 Å². The predicted octanol–water partition coefficient (Wildman–Crippen LogP) is 5.53. The lowest BCUT2D eigenvalue weighted by Gasteiger charge is -2.08. The Hall–Kier alpha value is -3.44. The number of unbranched alkanes of at least 4 members (excludes halogenated alkanes) is 2. The van der Waals surface area contributed by atoms with E-state index in [9.17, 15) is 10.1 Å². The maximum atomic E-state index is 11.2. The van der Waals surface area contributed by atoms with E-state index in [1.54, 1.807) is 43.3 Å². The van der Waals surface area contributed by atoms with E-state index in [-0.39, 0.29) is 5.00 Å². The Kier molecular flexibility index (Phi) is 7.35. The molecule has 0 saturated carbocycles. The third-order valence-electron chi connectivity index (χ3n) is 4.32. The van der Waals surface area contributed by atoms with Crippen molar-refractivity contribution in [3.63, 3.8) is 0 Å². The minimum Gasteiger partial charge on any atom is -0.494 e. The van der Waals surface area contributed by atoms with Crippen LogP contribution in [0.4, 0.5) is 5.00 Å². The van der Waals surface area contributed by atoms with E-state index >= 15 is 0 Å². The van der Waals surface area contributed by atoms with Gasteiger partial charge in [-0.1, -0.05) is 0 Å². The van der Waals surface area contributed by atoms with Crippen molar-refractivity contribution in [1.82, 2.24) is 4.98 Å². The minimum atomic E-state index is -0.393. The molecule has 0 aliphatic carbocycles. The smallest absolute Gasteiger partial charge is 0.351 e. The highest BCUT2D eigenvalue weighted by atomic mass is 32.1. The largest absolute Gasteiger partial charge is 0.494 e.